The van der Waals surface area contributed by atoms with Gasteiger partial charge >= 0.3 is 0 Å². The summed E-state index contributed by atoms with van der Waals surface area (Å²) in [4.78, 5) is 0. The van der Waals surface area contributed by atoms with Gasteiger partial charge in [0, 0.05) is 6.42 Å². The van der Waals surface area contributed by atoms with Gasteiger partial charge in [0.05, 0.1) is 18.8 Å². The molecule has 0 radical (unpaired) electrons. The summed E-state index contributed by atoms with van der Waals surface area (Å²) in [6.45, 7) is 1.57. The summed E-state index contributed by atoms with van der Waals surface area (Å²) < 4.78 is 15.8. The molecule has 5 unspecified atom stereocenters. The molecule has 0 aliphatic carbocycles. The van der Waals surface area contributed by atoms with Gasteiger partial charge in [0.2, 0.25) is 0 Å². The summed E-state index contributed by atoms with van der Waals surface area (Å²) in [6, 6.07) is 0. The molecule has 6 N–H and O–H groups in total. The van der Waals surface area contributed by atoms with Gasteiger partial charge in [-0.05, 0) is 6.42 Å². The Morgan fingerprint density at radius 1 is 0.909 bits per heavy atom. The van der Waals surface area contributed by atoms with Crippen molar-refractivity contribution in [1.29, 1.82) is 0 Å². The summed E-state index contributed by atoms with van der Waals surface area (Å²) in [7, 11) is 0. The molecule has 130 valence electrons. The van der Waals surface area contributed by atoms with Crippen LogP contribution in [-0.4, -0.2) is 92.6 Å². The summed E-state index contributed by atoms with van der Waals surface area (Å²) in [5, 5.41) is 57.8. The predicted octanol–water partition coefficient (Wildman–Crippen LogP) is -2.95. The van der Waals surface area contributed by atoms with Gasteiger partial charge in [-0.2, -0.15) is 0 Å². The van der Waals surface area contributed by atoms with E-state index in [9.17, 15) is 30.6 Å². The van der Waals surface area contributed by atoms with Gasteiger partial charge in [-0.25, -0.2) is 0 Å². The monoisotopic (exact) mass is 324 g/mol. The molecule has 0 bridgehead atoms. The fraction of sp³-hybridized carbons (Fsp3) is 1.00. The van der Waals surface area contributed by atoms with E-state index >= 15 is 0 Å². The molecule has 2 fully saturated rings. The Hall–Kier alpha value is -0.360. The second kappa shape index (κ2) is 7.47. The van der Waals surface area contributed by atoms with E-state index in [1.54, 1.807) is 0 Å². The minimum atomic E-state index is -1.65. The SMILES string of the molecule is CCC1C[C@H](O)C(O)[C@@H](OCC2OC(O)C(O)[C@@H](O)[C@@H]2O)O1. The molecule has 0 aromatic rings. The molecule has 0 saturated carbocycles. The normalized spacial score (nSPS) is 50.0. The molecule has 0 amide bonds. The summed E-state index contributed by atoms with van der Waals surface area (Å²) in [5.41, 5.74) is 0. The molecule has 2 saturated heterocycles. The highest BCUT2D eigenvalue weighted by atomic mass is 16.7. The third kappa shape index (κ3) is 3.75. The molecule has 9 heteroatoms. The highest BCUT2D eigenvalue weighted by Gasteiger charge is 2.44. The number of rotatable bonds is 4. The minimum Gasteiger partial charge on any atom is -0.390 e. The molecule has 0 spiro atoms. The van der Waals surface area contributed by atoms with Crippen molar-refractivity contribution in [3.63, 3.8) is 0 Å². The largest absolute Gasteiger partial charge is 0.390 e. The highest BCUT2D eigenvalue weighted by Crippen LogP contribution is 2.25. The Morgan fingerprint density at radius 3 is 2.23 bits per heavy atom. The van der Waals surface area contributed by atoms with Crippen molar-refractivity contribution in [2.75, 3.05) is 6.61 Å². The zero-order valence-electron chi connectivity index (χ0n) is 12.2. The van der Waals surface area contributed by atoms with Crippen molar-refractivity contribution >= 4 is 0 Å². The van der Waals surface area contributed by atoms with Crippen LogP contribution >= 0.6 is 0 Å². The molecule has 9 atom stereocenters. The molecular formula is C13H24O9. The minimum absolute atomic E-state index is 0.265. The summed E-state index contributed by atoms with van der Waals surface area (Å²) >= 11 is 0. The molecule has 22 heavy (non-hydrogen) atoms. The Bertz CT molecular complexity index is 348. The van der Waals surface area contributed by atoms with Crippen LogP contribution in [0.4, 0.5) is 0 Å². The second-order valence-electron chi connectivity index (χ2n) is 5.70. The maximum atomic E-state index is 9.85. The zero-order valence-corrected chi connectivity index (χ0v) is 12.2. The Kier molecular flexibility index (Phi) is 6.11. The first-order chi connectivity index (χ1) is 10.3. The van der Waals surface area contributed by atoms with E-state index in [0.717, 1.165) is 0 Å². The number of ether oxygens (including phenoxy) is 3. The second-order valence-corrected chi connectivity index (χ2v) is 5.70. The highest BCUT2D eigenvalue weighted by molar-refractivity contribution is 4.89. The topological polar surface area (TPSA) is 149 Å². The quantitative estimate of drug-likeness (QED) is 0.319. The lowest BCUT2D eigenvalue weighted by Gasteiger charge is -2.40. The van der Waals surface area contributed by atoms with Gasteiger partial charge in [-0.1, -0.05) is 6.92 Å². The molecule has 2 rings (SSSR count). The smallest absolute Gasteiger partial charge is 0.186 e. The molecule has 2 heterocycles. The van der Waals surface area contributed by atoms with E-state index in [2.05, 4.69) is 0 Å². The molecule has 2 aliphatic heterocycles. The van der Waals surface area contributed by atoms with Crippen LogP contribution in [0.15, 0.2) is 0 Å². The van der Waals surface area contributed by atoms with Crippen LogP contribution in [0, 0.1) is 0 Å². The Balaban J connectivity index is 1.91. The first kappa shape index (κ1) is 18.0. The molecule has 2 aliphatic rings. The maximum Gasteiger partial charge on any atom is 0.186 e. The number of aliphatic hydroxyl groups excluding tert-OH is 6. The Labute approximate surface area is 127 Å². The van der Waals surface area contributed by atoms with E-state index in [4.69, 9.17) is 14.2 Å². The van der Waals surface area contributed by atoms with Gasteiger partial charge in [0.1, 0.15) is 30.5 Å². The number of hydrogen-bond donors (Lipinski definition) is 6. The van der Waals surface area contributed by atoms with Crippen molar-refractivity contribution < 1.29 is 44.8 Å². The van der Waals surface area contributed by atoms with Crippen LogP contribution in [-0.2, 0) is 14.2 Å². The first-order valence-electron chi connectivity index (χ1n) is 7.36. The van der Waals surface area contributed by atoms with Gasteiger partial charge in [-0.3, -0.25) is 0 Å². The lowest BCUT2D eigenvalue weighted by Crippen LogP contribution is -2.59. The average molecular weight is 324 g/mol. The third-order valence-corrected chi connectivity index (χ3v) is 4.07. The van der Waals surface area contributed by atoms with Crippen molar-refractivity contribution in [1.82, 2.24) is 0 Å². The van der Waals surface area contributed by atoms with Crippen LogP contribution in [0.3, 0.4) is 0 Å². The zero-order chi connectivity index (χ0) is 16.4. The average Bonchev–Trinajstić information content (AvgIpc) is 2.50. The first-order valence-corrected chi connectivity index (χ1v) is 7.36. The van der Waals surface area contributed by atoms with E-state index in [1.165, 1.54) is 0 Å². The maximum absolute atomic E-state index is 9.85. The van der Waals surface area contributed by atoms with Crippen molar-refractivity contribution in [3.05, 3.63) is 0 Å². The van der Waals surface area contributed by atoms with Gasteiger partial charge in [0.15, 0.2) is 12.6 Å². The van der Waals surface area contributed by atoms with Crippen LogP contribution in [0.25, 0.3) is 0 Å². The van der Waals surface area contributed by atoms with Crippen molar-refractivity contribution in [2.24, 2.45) is 0 Å². The van der Waals surface area contributed by atoms with E-state index in [0.29, 0.717) is 12.8 Å². The van der Waals surface area contributed by atoms with Crippen molar-refractivity contribution in [3.8, 4) is 0 Å². The fourth-order valence-corrected chi connectivity index (χ4v) is 2.57. The Morgan fingerprint density at radius 2 is 1.59 bits per heavy atom. The molecular weight excluding hydrogens is 300 g/mol. The lowest BCUT2D eigenvalue weighted by molar-refractivity contribution is -0.312. The van der Waals surface area contributed by atoms with Gasteiger partial charge in [-0.15, -0.1) is 0 Å². The molecule has 0 aromatic carbocycles. The fourth-order valence-electron chi connectivity index (χ4n) is 2.57. The predicted molar refractivity (Wildman–Crippen MR) is 70.4 cm³/mol. The van der Waals surface area contributed by atoms with E-state index < -0.39 is 49.2 Å². The van der Waals surface area contributed by atoms with Crippen LogP contribution < -0.4 is 0 Å². The molecule has 0 aromatic heterocycles. The lowest BCUT2D eigenvalue weighted by atomic mass is 9.99. The van der Waals surface area contributed by atoms with Gasteiger partial charge in [0.25, 0.3) is 0 Å². The number of hydrogen-bond acceptors (Lipinski definition) is 9. The number of aliphatic hydroxyl groups is 6. The summed E-state index contributed by atoms with van der Waals surface area (Å²) in [6.07, 6.45) is -10.1. The molecule has 9 nitrogen and oxygen atoms in total. The van der Waals surface area contributed by atoms with Crippen LogP contribution in [0.1, 0.15) is 19.8 Å². The van der Waals surface area contributed by atoms with Crippen LogP contribution in [0.2, 0.25) is 0 Å². The third-order valence-electron chi connectivity index (χ3n) is 4.07. The summed E-state index contributed by atoms with van der Waals surface area (Å²) in [5.74, 6) is 0. The van der Waals surface area contributed by atoms with Crippen molar-refractivity contribution in [2.45, 2.75) is 75.1 Å². The van der Waals surface area contributed by atoms with Crippen LogP contribution in [0.5, 0.6) is 0 Å². The van der Waals surface area contributed by atoms with E-state index in [1.807, 2.05) is 6.92 Å². The van der Waals surface area contributed by atoms with Gasteiger partial charge < -0.3 is 44.8 Å². The van der Waals surface area contributed by atoms with E-state index in [-0.39, 0.29) is 12.7 Å². The standard InChI is InChI=1S/C13H24O9/c1-2-5-3-6(14)8(15)13(21-5)20-4-7-9(16)10(17)11(18)12(19)22-7/h5-19H,2-4H2,1H3/t5?,6-,7?,8?,9+,10-,11?,12?,13-/m0/s1.